The number of fused-ring (bicyclic) bond motifs is 2. The number of amides is 1. The van der Waals surface area contributed by atoms with Crippen LogP contribution in [0.15, 0.2) is 12.2 Å². The molecule has 18 heavy (non-hydrogen) atoms. The van der Waals surface area contributed by atoms with E-state index in [1.807, 2.05) is 0 Å². The van der Waals surface area contributed by atoms with Crippen LogP contribution in [0, 0.1) is 17.8 Å². The fourth-order valence-electron chi connectivity index (χ4n) is 3.68. The number of hydrogen-bond donors (Lipinski definition) is 2. The van der Waals surface area contributed by atoms with Gasteiger partial charge in [-0.25, -0.2) is 0 Å². The lowest BCUT2D eigenvalue weighted by Crippen LogP contribution is -2.56. The van der Waals surface area contributed by atoms with Crippen molar-refractivity contribution in [3.63, 3.8) is 0 Å². The lowest BCUT2D eigenvalue weighted by Gasteiger charge is -2.42. The first-order valence-corrected chi connectivity index (χ1v) is 6.80. The number of carbonyl (C=O) groups is 2. The SMILES string of the molecule is O=C(O)CC1(NC(=O)C2CC3C=CC2C3)CCC1. The Kier molecular flexibility index (Phi) is 2.68. The van der Waals surface area contributed by atoms with E-state index in [1.54, 1.807) is 0 Å². The molecule has 0 radical (unpaired) electrons. The molecular weight excluding hydrogens is 230 g/mol. The molecule has 98 valence electrons. The monoisotopic (exact) mass is 249 g/mol. The first-order valence-electron chi connectivity index (χ1n) is 6.80. The molecule has 3 aliphatic carbocycles. The molecular formula is C14H19NO3. The molecule has 0 aromatic heterocycles. The van der Waals surface area contributed by atoms with Crippen LogP contribution < -0.4 is 5.32 Å². The number of allylic oxidation sites excluding steroid dienone is 2. The standard InChI is InChI=1S/C14H19NO3/c16-12(17)8-14(4-1-5-14)15-13(18)11-7-9-2-3-10(11)6-9/h2-3,9-11H,1,4-8H2,(H,15,18)(H,16,17). The molecule has 4 nitrogen and oxygen atoms in total. The molecule has 2 saturated carbocycles. The summed E-state index contributed by atoms with van der Waals surface area (Å²) in [7, 11) is 0. The molecule has 0 aromatic carbocycles. The first kappa shape index (κ1) is 11.8. The van der Waals surface area contributed by atoms with Gasteiger partial charge in [0.2, 0.25) is 5.91 Å². The molecule has 2 bridgehead atoms. The Morgan fingerprint density at radius 3 is 2.50 bits per heavy atom. The van der Waals surface area contributed by atoms with Crippen molar-refractivity contribution in [2.45, 2.75) is 44.1 Å². The zero-order chi connectivity index (χ0) is 12.8. The maximum absolute atomic E-state index is 12.3. The van der Waals surface area contributed by atoms with Crippen molar-refractivity contribution in [1.29, 1.82) is 0 Å². The van der Waals surface area contributed by atoms with E-state index < -0.39 is 11.5 Å². The van der Waals surface area contributed by atoms with Gasteiger partial charge in [0, 0.05) is 5.92 Å². The quantitative estimate of drug-likeness (QED) is 0.745. The molecule has 0 spiro atoms. The van der Waals surface area contributed by atoms with Gasteiger partial charge >= 0.3 is 5.97 Å². The Morgan fingerprint density at radius 1 is 1.28 bits per heavy atom. The van der Waals surface area contributed by atoms with Crippen molar-refractivity contribution in [3.05, 3.63) is 12.2 Å². The summed E-state index contributed by atoms with van der Waals surface area (Å²) in [6.45, 7) is 0. The van der Waals surface area contributed by atoms with E-state index >= 15 is 0 Å². The van der Waals surface area contributed by atoms with E-state index in [1.165, 1.54) is 0 Å². The van der Waals surface area contributed by atoms with Gasteiger partial charge in [-0.15, -0.1) is 0 Å². The van der Waals surface area contributed by atoms with Gasteiger partial charge in [0.25, 0.3) is 0 Å². The summed E-state index contributed by atoms with van der Waals surface area (Å²) in [6.07, 6.45) is 9.11. The van der Waals surface area contributed by atoms with Crippen LogP contribution in [0.2, 0.25) is 0 Å². The Morgan fingerprint density at radius 2 is 2.06 bits per heavy atom. The maximum Gasteiger partial charge on any atom is 0.305 e. The Balaban J connectivity index is 1.63. The first-order chi connectivity index (χ1) is 8.58. The van der Waals surface area contributed by atoms with Crippen molar-refractivity contribution in [1.82, 2.24) is 5.32 Å². The topological polar surface area (TPSA) is 66.4 Å². The van der Waals surface area contributed by atoms with E-state index in [2.05, 4.69) is 17.5 Å². The number of nitrogens with one attached hydrogen (secondary N) is 1. The van der Waals surface area contributed by atoms with E-state index in [-0.39, 0.29) is 18.2 Å². The number of aliphatic carboxylic acids is 1. The molecule has 3 unspecified atom stereocenters. The van der Waals surface area contributed by atoms with Crippen LogP contribution in [0.1, 0.15) is 38.5 Å². The summed E-state index contributed by atoms with van der Waals surface area (Å²) in [5, 5.41) is 12.0. The van der Waals surface area contributed by atoms with E-state index in [4.69, 9.17) is 5.11 Å². The normalized spacial score (nSPS) is 35.2. The average molecular weight is 249 g/mol. The summed E-state index contributed by atoms with van der Waals surface area (Å²) in [5.74, 6) is 0.293. The van der Waals surface area contributed by atoms with Crippen molar-refractivity contribution >= 4 is 11.9 Å². The fraction of sp³-hybridized carbons (Fsp3) is 0.714. The van der Waals surface area contributed by atoms with Crippen molar-refractivity contribution in [2.24, 2.45) is 17.8 Å². The predicted octanol–water partition coefficient (Wildman–Crippen LogP) is 1.71. The van der Waals surface area contributed by atoms with Gasteiger partial charge in [0.05, 0.1) is 12.0 Å². The molecule has 0 aromatic rings. The lowest BCUT2D eigenvalue weighted by atomic mass is 9.73. The van der Waals surface area contributed by atoms with E-state index in [9.17, 15) is 9.59 Å². The van der Waals surface area contributed by atoms with Crippen LogP contribution in [0.4, 0.5) is 0 Å². The Labute approximate surface area is 106 Å². The largest absolute Gasteiger partial charge is 0.481 e. The van der Waals surface area contributed by atoms with Crippen molar-refractivity contribution < 1.29 is 14.7 Å². The fourth-order valence-corrected chi connectivity index (χ4v) is 3.68. The molecule has 0 saturated heterocycles. The second-order valence-corrected chi connectivity index (χ2v) is 6.08. The number of hydrogen-bond acceptors (Lipinski definition) is 2. The zero-order valence-corrected chi connectivity index (χ0v) is 10.4. The van der Waals surface area contributed by atoms with Crippen LogP contribution in [0.3, 0.4) is 0 Å². The highest BCUT2D eigenvalue weighted by atomic mass is 16.4. The molecule has 0 aliphatic heterocycles. The molecule has 4 heteroatoms. The summed E-state index contributed by atoms with van der Waals surface area (Å²) in [4.78, 5) is 23.2. The minimum atomic E-state index is -0.817. The second kappa shape index (κ2) is 4.11. The van der Waals surface area contributed by atoms with E-state index in [0.717, 1.165) is 32.1 Å². The summed E-state index contributed by atoms with van der Waals surface area (Å²) in [5.41, 5.74) is -0.450. The van der Waals surface area contributed by atoms with Gasteiger partial charge in [-0.05, 0) is 43.9 Å². The smallest absolute Gasteiger partial charge is 0.305 e. The summed E-state index contributed by atoms with van der Waals surface area (Å²) < 4.78 is 0. The maximum atomic E-state index is 12.3. The number of carboxylic acids is 1. The third kappa shape index (κ3) is 1.93. The van der Waals surface area contributed by atoms with Crippen molar-refractivity contribution in [2.75, 3.05) is 0 Å². The van der Waals surface area contributed by atoms with Gasteiger partial charge in [0.1, 0.15) is 0 Å². The molecule has 2 fully saturated rings. The minimum Gasteiger partial charge on any atom is -0.481 e. The van der Waals surface area contributed by atoms with Gasteiger partial charge in [-0.1, -0.05) is 12.2 Å². The summed E-state index contributed by atoms with van der Waals surface area (Å²) >= 11 is 0. The van der Waals surface area contributed by atoms with Gasteiger partial charge in [0.15, 0.2) is 0 Å². The Hall–Kier alpha value is -1.32. The zero-order valence-electron chi connectivity index (χ0n) is 10.4. The van der Waals surface area contributed by atoms with Crippen molar-refractivity contribution in [3.8, 4) is 0 Å². The number of carbonyl (C=O) groups excluding carboxylic acids is 1. The average Bonchev–Trinajstić information content (AvgIpc) is 2.86. The van der Waals surface area contributed by atoms with Gasteiger partial charge < -0.3 is 10.4 Å². The highest BCUT2D eigenvalue weighted by Gasteiger charge is 2.45. The number of carboxylic acid groups (broad SMARTS) is 1. The number of rotatable bonds is 4. The highest BCUT2D eigenvalue weighted by Crippen LogP contribution is 2.44. The molecule has 0 heterocycles. The van der Waals surface area contributed by atoms with Crippen LogP contribution in [0.25, 0.3) is 0 Å². The van der Waals surface area contributed by atoms with Crippen LogP contribution in [-0.4, -0.2) is 22.5 Å². The molecule has 2 N–H and O–H groups in total. The van der Waals surface area contributed by atoms with Gasteiger partial charge in [-0.2, -0.15) is 0 Å². The summed E-state index contributed by atoms with van der Waals surface area (Å²) in [6, 6.07) is 0. The predicted molar refractivity (Wildman–Crippen MR) is 65.8 cm³/mol. The van der Waals surface area contributed by atoms with Crippen LogP contribution >= 0.6 is 0 Å². The minimum absolute atomic E-state index is 0.0649. The lowest BCUT2D eigenvalue weighted by molar-refractivity contribution is -0.141. The molecule has 1 amide bonds. The van der Waals surface area contributed by atoms with E-state index in [0.29, 0.717) is 11.8 Å². The van der Waals surface area contributed by atoms with Crippen LogP contribution in [-0.2, 0) is 9.59 Å². The highest BCUT2D eigenvalue weighted by molar-refractivity contribution is 5.82. The third-order valence-corrected chi connectivity index (χ3v) is 4.80. The molecule has 3 aliphatic rings. The second-order valence-electron chi connectivity index (χ2n) is 6.08. The molecule has 3 rings (SSSR count). The third-order valence-electron chi connectivity index (χ3n) is 4.80. The Bertz CT molecular complexity index is 411. The molecule has 3 atom stereocenters. The van der Waals surface area contributed by atoms with Crippen LogP contribution in [0.5, 0.6) is 0 Å². The van der Waals surface area contributed by atoms with Gasteiger partial charge in [-0.3, -0.25) is 9.59 Å².